The number of aliphatic carboxylic acids is 1. The Labute approximate surface area is 207 Å². The van der Waals surface area contributed by atoms with Crippen LogP contribution in [0, 0.1) is 0 Å². The van der Waals surface area contributed by atoms with E-state index in [2.05, 4.69) is 21.2 Å². The summed E-state index contributed by atoms with van der Waals surface area (Å²) in [6.45, 7) is 5.37. The number of halogens is 1. The normalized spacial score (nSPS) is 18.8. The molecule has 0 unspecified atom stereocenters. The van der Waals surface area contributed by atoms with Crippen molar-refractivity contribution in [2.75, 3.05) is 6.54 Å². The summed E-state index contributed by atoms with van der Waals surface area (Å²) >= 11 is 3.38. The number of rotatable bonds is 7. The van der Waals surface area contributed by atoms with Crippen LogP contribution in [0.4, 0.5) is 4.79 Å². The van der Waals surface area contributed by atoms with Crippen LogP contribution in [0.1, 0.15) is 32.8 Å². The van der Waals surface area contributed by atoms with E-state index in [1.54, 1.807) is 57.2 Å². The molecule has 0 bridgehead atoms. The minimum Gasteiger partial charge on any atom is -0.488 e. The maximum Gasteiger partial charge on any atom is 0.411 e. The van der Waals surface area contributed by atoms with Gasteiger partial charge in [0.2, 0.25) is 5.91 Å². The molecule has 0 saturated carbocycles. The van der Waals surface area contributed by atoms with Crippen molar-refractivity contribution < 1.29 is 29.0 Å². The van der Waals surface area contributed by atoms with E-state index in [0.717, 1.165) is 10.0 Å². The van der Waals surface area contributed by atoms with E-state index < -0.39 is 41.8 Å². The van der Waals surface area contributed by atoms with Crippen molar-refractivity contribution in [1.29, 1.82) is 0 Å². The molecule has 0 aromatic heterocycles. The molecule has 2 N–H and O–H groups in total. The Morgan fingerprint density at radius 3 is 2.35 bits per heavy atom. The highest BCUT2D eigenvalue weighted by Crippen LogP contribution is 2.26. The summed E-state index contributed by atoms with van der Waals surface area (Å²) in [6, 6.07) is 14.2. The predicted octanol–water partition coefficient (Wildman–Crippen LogP) is 4.02. The maximum absolute atomic E-state index is 13.2. The number of amides is 2. The number of carbonyl (C=O) groups is 3. The molecule has 1 fully saturated rings. The molecule has 2 aromatic carbocycles. The first kappa shape index (κ1) is 25.6. The fraction of sp³-hybridized carbons (Fsp3) is 0.400. The summed E-state index contributed by atoms with van der Waals surface area (Å²) < 4.78 is 12.4. The quantitative estimate of drug-likeness (QED) is 0.557. The number of hydrogen-bond donors (Lipinski definition) is 2. The Bertz CT molecular complexity index is 1010. The van der Waals surface area contributed by atoms with Gasteiger partial charge in [-0.25, -0.2) is 9.59 Å². The van der Waals surface area contributed by atoms with Crippen molar-refractivity contribution in [3.8, 4) is 5.75 Å². The second-order valence-corrected chi connectivity index (χ2v) is 10.1. The summed E-state index contributed by atoms with van der Waals surface area (Å²) in [4.78, 5) is 39.2. The van der Waals surface area contributed by atoms with E-state index in [-0.39, 0.29) is 19.4 Å². The number of carboxylic acids is 1. The molecule has 9 heteroatoms. The number of benzene rings is 2. The average molecular weight is 533 g/mol. The first-order valence-electron chi connectivity index (χ1n) is 11.0. The van der Waals surface area contributed by atoms with Crippen molar-refractivity contribution in [2.45, 2.75) is 57.4 Å². The van der Waals surface area contributed by atoms with Gasteiger partial charge in [0.15, 0.2) is 0 Å². The van der Waals surface area contributed by atoms with Gasteiger partial charge in [-0.15, -0.1) is 0 Å². The first-order valence-corrected chi connectivity index (χ1v) is 11.8. The Kier molecular flexibility index (Phi) is 8.19. The molecule has 0 aliphatic carbocycles. The van der Waals surface area contributed by atoms with Crippen molar-refractivity contribution in [3.05, 3.63) is 64.6 Å². The first-order chi connectivity index (χ1) is 16.0. The molecule has 34 heavy (non-hydrogen) atoms. The van der Waals surface area contributed by atoms with Crippen LogP contribution in [0.5, 0.6) is 5.75 Å². The lowest BCUT2D eigenvalue weighted by Crippen LogP contribution is -2.52. The molecule has 3 atom stereocenters. The summed E-state index contributed by atoms with van der Waals surface area (Å²) in [5, 5.41) is 12.3. The van der Waals surface area contributed by atoms with Crippen LogP contribution >= 0.6 is 15.9 Å². The predicted molar refractivity (Wildman–Crippen MR) is 130 cm³/mol. The lowest BCUT2D eigenvalue weighted by atomic mass is 10.1. The van der Waals surface area contributed by atoms with Gasteiger partial charge >= 0.3 is 12.1 Å². The lowest BCUT2D eigenvalue weighted by Gasteiger charge is -2.28. The van der Waals surface area contributed by atoms with Gasteiger partial charge in [0, 0.05) is 17.3 Å². The van der Waals surface area contributed by atoms with Gasteiger partial charge in [0.25, 0.3) is 0 Å². The van der Waals surface area contributed by atoms with E-state index in [1.807, 2.05) is 18.2 Å². The number of hydrogen-bond acceptors (Lipinski definition) is 5. The van der Waals surface area contributed by atoms with Crippen LogP contribution in [0.15, 0.2) is 59.1 Å². The second kappa shape index (κ2) is 10.9. The van der Waals surface area contributed by atoms with Gasteiger partial charge in [-0.05, 0) is 50.6 Å². The fourth-order valence-electron chi connectivity index (χ4n) is 3.68. The zero-order chi connectivity index (χ0) is 24.9. The Hall–Kier alpha value is -3.07. The van der Waals surface area contributed by atoms with Gasteiger partial charge in [-0.1, -0.05) is 46.3 Å². The monoisotopic (exact) mass is 532 g/mol. The maximum atomic E-state index is 13.2. The van der Waals surface area contributed by atoms with Gasteiger partial charge in [-0.2, -0.15) is 0 Å². The summed E-state index contributed by atoms with van der Waals surface area (Å²) in [7, 11) is 0. The third-order valence-electron chi connectivity index (χ3n) is 5.21. The molecular formula is C25H29BrN2O6. The fourth-order valence-corrected chi connectivity index (χ4v) is 3.94. The minimum atomic E-state index is -1.15. The molecule has 3 rings (SSSR count). The van der Waals surface area contributed by atoms with E-state index >= 15 is 0 Å². The average Bonchev–Trinajstić information content (AvgIpc) is 3.18. The van der Waals surface area contributed by atoms with Crippen molar-refractivity contribution in [1.82, 2.24) is 10.2 Å². The van der Waals surface area contributed by atoms with Gasteiger partial charge in [-0.3, -0.25) is 9.69 Å². The Balaban J connectivity index is 1.75. The van der Waals surface area contributed by atoms with Gasteiger partial charge in [0.05, 0.1) is 6.54 Å². The molecule has 2 amide bonds. The lowest BCUT2D eigenvalue weighted by molar-refractivity contribution is -0.142. The largest absolute Gasteiger partial charge is 0.488 e. The smallest absolute Gasteiger partial charge is 0.411 e. The van der Waals surface area contributed by atoms with Crippen molar-refractivity contribution in [2.24, 2.45) is 0 Å². The highest BCUT2D eigenvalue weighted by atomic mass is 79.9. The number of nitrogens with zero attached hydrogens (tertiary/aromatic N) is 1. The van der Waals surface area contributed by atoms with Crippen LogP contribution < -0.4 is 10.1 Å². The van der Waals surface area contributed by atoms with E-state index in [4.69, 9.17) is 9.47 Å². The van der Waals surface area contributed by atoms with Crippen LogP contribution in [-0.4, -0.2) is 58.3 Å². The van der Waals surface area contributed by atoms with Crippen molar-refractivity contribution >= 4 is 33.9 Å². The highest BCUT2D eigenvalue weighted by Gasteiger charge is 2.43. The molecule has 0 radical (unpaired) electrons. The number of carbonyl (C=O) groups excluding carboxylic acids is 2. The SMILES string of the molecule is CC(C)(C)OC(=O)N1C[C@@H](Oc2ccc(Br)cc2)C[C@H]1C(=O)N[C@@H](Cc1ccccc1)C(=O)O. The number of likely N-dealkylation sites (tertiary alicyclic amines) is 1. The zero-order valence-electron chi connectivity index (χ0n) is 19.4. The van der Waals surface area contributed by atoms with Gasteiger partial charge < -0.3 is 19.9 Å². The third kappa shape index (κ3) is 7.21. The topological polar surface area (TPSA) is 105 Å². The molecule has 2 aromatic rings. The molecule has 1 aliphatic rings. The second-order valence-electron chi connectivity index (χ2n) is 9.17. The molecule has 1 aliphatic heterocycles. The summed E-state index contributed by atoms with van der Waals surface area (Å²) in [6.07, 6.45) is -0.773. The molecule has 0 spiro atoms. The Morgan fingerprint density at radius 1 is 1.12 bits per heavy atom. The van der Waals surface area contributed by atoms with Crippen LogP contribution in [0.25, 0.3) is 0 Å². The molecular weight excluding hydrogens is 504 g/mol. The van der Waals surface area contributed by atoms with Crippen LogP contribution in [0.2, 0.25) is 0 Å². The van der Waals surface area contributed by atoms with E-state index in [0.29, 0.717) is 5.75 Å². The molecule has 8 nitrogen and oxygen atoms in total. The van der Waals surface area contributed by atoms with Crippen LogP contribution in [0.3, 0.4) is 0 Å². The zero-order valence-corrected chi connectivity index (χ0v) is 20.9. The molecule has 1 heterocycles. The van der Waals surface area contributed by atoms with E-state index in [1.165, 1.54) is 4.90 Å². The summed E-state index contributed by atoms with van der Waals surface area (Å²) in [5.74, 6) is -1.11. The molecule has 182 valence electrons. The Morgan fingerprint density at radius 2 is 1.76 bits per heavy atom. The number of carboxylic acid groups (broad SMARTS) is 1. The number of ether oxygens (including phenoxy) is 2. The van der Waals surface area contributed by atoms with Crippen LogP contribution in [-0.2, 0) is 20.7 Å². The third-order valence-corrected chi connectivity index (χ3v) is 5.74. The standard InChI is InChI=1S/C25H29BrN2O6/c1-25(2,3)34-24(32)28-15-19(33-18-11-9-17(26)10-12-18)14-21(28)22(29)27-20(23(30)31)13-16-7-5-4-6-8-16/h4-12,19-21H,13-15H2,1-3H3,(H,27,29)(H,30,31)/t19-,20-,21-/m0/s1. The summed E-state index contributed by atoms with van der Waals surface area (Å²) in [5.41, 5.74) is 0.0294. The number of nitrogens with one attached hydrogen (secondary N) is 1. The molecule has 1 saturated heterocycles. The minimum absolute atomic E-state index is 0.125. The van der Waals surface area contributed by atoms with E-state index in [9.17, 15) is 19.5 Å². The van der Waals surface area contributed by atoms with Gasteiger partial charge in [0.1, 0.15) is 29.5 Å². The van der Waals surface area contributed by atoms with Crippen molar-refractivity contribution in [3.63, 3.8) is 0 Å². The highest BCUT2D eigenvalue weighted by molar-refractivity contribution is 9.10.